The first kappa shape index (κ1) is 10.8. The van der Waals surface area contributed by atoms with Gasteiger partial charge >= 0.3 is 0 Å². The summed E-state index contributed by atoms with van der Waals surface area (Å²) in [6.07, 6.45) is 1.72. The van der Waals surface area contributed by atoms with Crippen LogP contribution in [0.2, 0.25) is 23.1 Å². The lowest BCUT2D eigenvalue weighted by atomic mass is 10.2. The molecule has 3 heteroatoms. The van der Waals surface area contributed by atoms with Crippen molar-refractivity contribution in [2.75, 3.05) is 0 Å². The molecule has 0 unspecified atom stereocenters. The Morgan fingerprint density at radius 2 is 1.85 bits per heavy atom. The van der Waals surface area contributed by atoms with E-state index in [1.807, 2.05) is 6.07 Å². The minimum absolute atomic E-state index is 0.635. The predicted octanol–water partition coefficient (Wildman–Crippen LogP) is 3.33. The van der Waals surface area contributed by atoms with Gasteiger partial charge in [0, 0.05) is 0 Å². The molecule has 0 aliphatic carbocycles. The highest BCUT2D eigenvalue weighted by atomic mass is 35.5. The molecule has 0 saturated heterocycles. The van der Waals surface area contributed by atoms with Crippen LogP contribution in [0.4, 0.5) is 0 Å². The lowest BCUT2D eigenvalue weighted by molar-refractivity contribution is 1.68. The number of benzene rings is 1. The molecule has 0 heterocycles. The predicted molar refractivity (Wildman–Crippen MR) is 65.1 cm³/mol. The van der Waals surface area contributed by atoms with Crippen molar-refractivity contribution in [1.29, 1.82) is 0 Å². The quantitative estimate of drug-likeness (QED) is 0.685. The first-order valence-corrected chi connectivity index (χ1v) is 7.82. The van der Waals surface area contributed by atoms with Gasteiger partial charge in [0.15, 0.2) is 0 Å². The Morgan fingerprint density at radius 3 is 2.31 bits per heavy atom. The van der Waals surface area contributed by atoms with E-state index in [0.29, 0.717) is 10.0 Å². The van der Waals surface area contributed by atoms with Gasteiger partial charge in [0.05, 0.1) is 18.8 Å². The van der Waals surface area contributed by atoms with Crippen LogP contribution >= 0.6 is 23.2 Å². The summed E-state index contributed by atoms with van der Waals surface area (Å²) in [6, 6.07) is 4.03. The average Bonchev–Trinajstić information content (AvgIpc) is 2.09. The Balaban J connectivity index is 3.31. The third-order valence-electron chi connectivity index (χ3n) is 1.98. The van der Waals surface area contributed by atoms with Crippen molar-refractivity contribution in [2.45, 2.75) is 13.1 Å². The second-order valence-electron chi connectivity index (χ2n) is 3.23. The van der Waals surface area contributed by atoms with Crippen LogP contribution in [0.5, 0.6) is 0 Å². The van der Waals surface area contributed by atoms with Crippen molar-refractivity contribution in [2.24, 2.45) is 0 Å². The van der Waals surface area contributed by atoms with E-state index >= 15 is 0 Å². The highest BCUT2D eigenvalue weighted by molar-refractivity contribution is 6.74. The second kappa shape index (κ2) is 4.31. The zero-order valence-electron chi connectivity index (χ0n) is 7.77. The number of halogens is 2. The van der Waals surface area contributed by atoms with Gasteiger partial charge in [0.2, 0.25) is 0 Å². The fraction of sp³-hybridized carbons (Fsp3) is 0.200. The minimum atomic E-state index is -0.879. The molecule has 1 aromatic rings. The highest BCUT2D eigenvalue weighted by Gasteiger charge is 2.10. The molecule has 0 nitrogen and oxygen atoms in total. The molecule has 0 bridgehead atoms. The summed E-state index contributed by atoms with van der Waals surface area (Å²) >= 11 is 12.2. The van der Waals surface area contributed by atoms with Gasteiger partial charge in [0.1, 0.15) is 0 Å². The van der Waals surface area contributed by atoms with Crippen molar-refractivity contribution >= 4 is 43.3 Å². The van der Waals surface area contributed by atoms with E-state index < -0.39 is 8.80 Å². The van der Waals surface area contributed by atoms with Crippen LogP contribution in [0.3, 0.4) is 0 Å². The SMILES string of the molecule is C=Cc1ccc([SiH](C)C)c(Cl)c1Cl. The van der Waals surface area contributed by atoms with E-state index in [2.05, 4.69) is 25.7 Å². The van der Waals surface area contributed by atoms with Crippen molar-refractivity contribution < 1.29 is 0 Å². The molecular weight excluding hydrogens is 219 g/mol. The van der Waals surface area contributed by atoms with Crippen LogP contribution < -0.4 is 5.19 Å². The first-order valence-electron chi connectivity index (χ1n) is 4.18. The van der Waals surface area contributed by atoms with Gasteiger partial charge in [-0.1, -0.05) is 61.1 Å². The van der Waals surface area contributed by atoms with E-state index in [1.165, 1.54) is 5.19 Å². The summed E-state index contributed by atoms with van der Waals surface area (Å²) < 4.78 is 0. The lowest BCUT2D eigenvalue weighted by Gasteiger charge is -2.09. The first-order chi connectivity index (χ1) is 6.07. The fourth-order valence-corrected chi connectivity index (χ4v) is 3.48. The largest absolute Gasteiger partial charge is 0.0984 e. The van der Waals surface area contributed by atoms with Gasteiger partial charge in [-0.15, -0.1) is 0 Å². The van der Waals surface area contributed by atoms with Crippen LogP contribution in [0.25, 0.3) is 6.08 Å². The fourth-order valence-electron chi connectivity index (χ4n) is 1.18. The zero-order valence-corrected chi connectivity index (χ0v) is 10.4. The number of rotatable bonds is 2. The highest BCUT2D eigenvalue weighted by Crippen LogP contribution is 2.25. The van der Waals surface area contributed by atoms with Crippen molar-refractivity contribution in [3.63, 3.8) is 0 Å². The molecular formula is C10H12Cl2Si. The molecule has 0 fully saturated rings. The zero-order chi connectivity index (χ0) is 10.0. The maximum Gasteiger partial charge on any atom is 0.0667 e. The molecule has 0 spiro atoms. The molecule has 0 N–H and O–H groups in total. The summed E-state index contributed by atoms with van der Waals surface area (Å²) in [5, 5.41) is 2.56. The molecule has 70 valence electrons. The molecule has 0 radical (unpaired) electrons. The molecule has 1 aromatic carbocycles. The Hall–Kier alpha value is -0.243. The summed E-state index contributed by atoms with van der Waals surface area (Å²) in [6.45, 7) is 8.13. The van der Waals surface area contributed by atoms with E-state index in [4.69, 9.17) is 23.2 Å². The van der Waals surface area contributed by atoms with Gasteiger partial charge in [-0.3, -0.25) is 0 Å². The molecule has 1 rings (SSSR count). The minimum Gasteiger partial charge on any atom is -0.0984 e. The molecule has 0 saturated carbocycles. The Bertz CT molecular complexity index is 332. The van der Waals surface area contributed by atoms with E-state index in [0.717, 1.165) is 5.56 Å². The van der Waals surface area contributed by atoms with Crippen LogP contribution in [0.1, 0.15) is 5.56 Å². The van der Waals surface area contributed by atoms with Crippen molar-refractivity contribution in [3.8, 4) is 0 Å². The van der Waals surface area contributed by atoms with Crippen LogP contribution in [0.15, 0.2) is 18.7 Å². The normalized spacial score (nSPS) is 10.5. The molecule has 0 aliphatic heterocycles. The van der Waals surface area contributed by atoms with Gasteiger partial charge in [-0.05, 0) is 10.8 Å². The molecule has 13 heavy (non-hydrogen) atoms. The molecule has 0 aromatic heterocycles. The second-order valence-corrected chi connectivity index (χ2v) is 6.92. The Morgan fingerprint density at radius 1 is 1.23 bits per heavy atom. The molecule has 0 aliphatic rings. The summed E-state index contributed by atoms with van der Waals surface area (Å²) in [5.41, 5.74) is 0.907. The van der Waals surface area contributed by atoms with Gasteiger partial charge in [-0.25, -0.2) is 0 Å². The standard InChI is InChI=1S/C10H12Cl2Si/c1-4-7-5-6-8(13(2)3)10(12)9(7)11/h4-6,13H,1H2,2-3H3. The third-order valence-corrected chi connectivity index (χ3v) is 4.80. The molecule has 0 amide bonds. The molecule has 0 atom stereocenters. The lowest BCUT2D eigenvalue weighted by Crippen LogP contribution is -2.23. The average molecular weight is 231 g/mol. The van der Waals surface area contributed by atoms with Crippen LogP contribution in [0, 0.1) is 0 Å². The summed E-state index contributed by atoms with van der Waals surface area (Å²) in [4.78, 5) is 0. The van der Waals surface area contributed by atoms with Crippen LogP contribution in [-0.2, 0) is 0 Å². The Kier molecular flexibility index (Phi) is 3.60. The smallest absolute Gasteiger partial charge is 0.0667 e. The number of hydrogen-bond donors (Lipinski definition) is 0. The summed E-state index contributed by atoms with van der Waals surface area (Å²) in [7, 11) is -0.879. The van der Waals surface area contributed by atoms with E-state index in [1.54, 1.807) is 6.08 Å². The maximum absolute atomic E-state index is 6.13. The topological polar surface area (TPSA) is 0 Å². The Labute approximate surface area is 90.8 Å². The van der Waals surface area contributed by atoms with Gasteiger partial charge in [-0.2, -0.15) is 0 Å². The van der Waals surface area contributed by atoms with E-state index in [9.17, 15) is 0 Å². The van der Waals surface area contributed by atoms with Crippen LogP contribution in [-0.4, -0.2) is 8.80 Å². The summed E-state index contributed by atoms with van der Waals surface area (Å²) in [5.74, 6) is 0. The van der Waals surface area contributed by atoms with E-state index in [-0.39, 0.29) is 0 Å². The monoisotopic (exact) mass is 230 g/mol. The number of hydrogen-bond acceptors (Lipinski definition) is 0. The maximum atomic E-state index is 6.13. The van der Waals surface area contributed by atoms with Gasteiger partial charge < -0.3 is 0 Å². The third kappa shape index (κ3) is 2.16. The van der Waals surface area contributed by atoms with Crippen molar-refractivity contribution in [3.05, 3.63) is 34.3 Å². The van der Waals surface area contributed by atoms with Crippen molar-refractivity contribution in [1.82, 2.24) is 0 Å². The van der Waals surface area contributed by atoms with Gasteiger partial charge in [0.25, 0.3) is 0 Å².